The Labute approximate surface area is 115 Å². The topological polar surface area (TPSA) is 46.5 Å². The van der Waals surface area contributed by atoms with Crippen LogP contribution >= 0.6 is 0 Å². The van der Waals surface area contributed by atoms with E-state index in [-0.39, 0.29) is 12.5 Å². The number of rotatable bonds is 10. The fourth-order valence-electron chi connectivity index (χ4n) is 2.06. The Bertz CT molecular complexity index is 348. The van der Waals surface area contributed by atoms with Crippen molar-refractivity contribution in [2.24, 2.45) is 0 Å². The van der Waals surface area contributed by atoms with Crippen LogP contribution in [0.15, 0.2) is 30.3 Å². The fourth-order valence-corrected chi connectivity index (χ4v) is 2.06. The summed E-state index contributed by atoms with van der Waals surface area (Å²) in [6, 6.07) is 9.45. The average molecular weight is 264 g/mol. The Morgan fingerprint density at radius 3 is 2.47 bits per heavy atom. The Morgan fingerprint density at radius 1 is 1.16 bits per heavy atom. The molecule has 0 aromatic heterocycles. The van der Waals surface area contributed by atoms with Crippen molar-refractivity contribution in [1.29, 1.82) is 0 Å². The Hall–Kier alpha value is -1.51. The van der Waals surface area contributed by atoms with Crippen LogP contribution in [0, 0.1) is 0 Å². The standard InChI is InChI=1S/C16H24O3/c1-2-3-4-5-7-12-15(13-16(17)18)19-14-10-8-6-9-11-14/h6,8-11,15H,2-5,7,12-13H2,1H3,(H,17,18). The van der Waals surface area contributed by atoms with Gasteiger partial charge in [0.25, 0.3) is 0 Å². The first kappa shape index (κ1) is 15.5. The summed E-state index contributed by atoms with van der Waals surface area (Å²) in [6.07, 6.45) is 6.55. The van der Waals surface area contributed by atoms with Crippen molar-refractivity contribution in [3.63, 3.8) is 0 Å². The molecule has 0 bridgehead atoms. The first-order valence-corrected chi connectivity index (χ1v) is 7.16. The maximum atomic E-state index is 10.9. The summed E-state index contributed by atoms with van der Waals surface area (Å²) in [4.78, 5) is 10.9. The molecule has 0 aliphatic rings. The molecular weight excluding hydrogens is 240 g/mol. The first-order valence-electron chi connectivity index (χ1n) is 7.16. The summed E-state index contributed by atoms with van der Waals surface area (Å²) >= 11 is 0. The van der Waals surface area contributed by atoms with Gasteiger partial charge in [0.1, 0.15) is 11.9 Å². The first-order chi connectivity index (χ1) is 9.22. The SMILES string of the molecule is CCCCCCCC(CC(=O)O)Oc1ccccc1. The molecule has 1 unspecified atom stereocenters. The zero-order chi connectivity index (χ0) is 13.9. The molecule has 1 N–H and O–H groups in total. The Kier molecular flexibility index (Phi) is 7.71. The largest absolute Gasteiger partial charge is 0.490 e. The molecule has 106 valence electrons. The van der Waals surface area contributed by atoms with E-state index in [4.69, 9.17) is 9.84 Å². The molecule has 0 aliphatic carbocycles. The molecule has 0 saturated heterocycles. The number of aliphatic carboxylic acids is 1. The fraction of sp³-hybridized carbons (Fsp3) is 0.562. The molecule has 0 spiro atoms. The minimum Gasteiger partial charge on any atom is -0.490 e. The summed E-state index contributed by atoms with van der Waals surface area (Å²) in [5.74, 6) is -0.0446. The van der Waals surface area contributed by atoms with E-state index in [2.05, 4.69) is 6.92 Å². The molecule has 1 atom stereocenters. The van der Waals surface area contributed by atoms with Gasteiger partial charge in [-0.05, 0) is 25.0 Å². The molecule has 1 aromatic rings. The Balaban J connectivity index is 2.36. The Morgan fingerprint density at radius 2 is 1.84 bits per heavy atom. The third-order valence-corrected chi connectivity index (χ3v) is 3.08. The van der Waals surface area contributed by atoms with Gasteiger partial charge in [-0.15, -0.1) is 0 Å². The van der Waals surface area contributed by atoms with Crippen LogP contribution in [0.2, 0.25) is 0 Å². The summed E-state index contributed by atoms with van der Waals surface area (Å²) in [5, 5.41) is 8.92. The van der Waals surface area contributed by atoms with Crippen molar-refractivity contribution in [1.82, 2.24) is 0 Å². The number of ether oxygens (including phenoxy) is 1. The highest BCUT2D eigenvalue weighted by molar-refractivity contribution is 5.67. The van der Waals surface area contributed by atoms with Crippen LogP contribution in [0.25, 0.3) is 0 Å². The van der Waals surface area contributed by atoms with Crippen LogP contribution in [-0.2, 0) is 4.79 Å². The zero-order valence-corrected chi connectivity index (χ0v) is 11.7. The second-order valence-corrected chi connectivity index (χ2v) is 4.85. The zero-order valence-electron chi connectivity index (χ0n) is 11.7. The highest BCUT2D eigenvalue weighted by Gasteiger charge is 2.14. The van der Waals surface area contributed by atoms with E-state index in [1.54, 1.807) is 0 Å². The molecule has 0 amide bonds. The molecular formula is C16H24O3. The maximum absolute atomic E-state index is 10.9. The number of unbranched alkanes of at least 4 members (excludes halogenated alkanes) is 4. The van der Waals surface area contributed by atoms with Crippen LogP contribution in [-0.4, -0.2) is 17.2 Å². The highest BCUT2D eigenvalue weighted by atomic mass is 16.5. The van der Waals surface area contributed by atoms with Gasteiger partial charge in [0.15, 0.2) is 0 Å². The van der Waals surface area contributed by atoms with Crippen LogP contribution in [0.5, 0.6) is 5.75 Å². The van der Waals surface area contributed by atoms with Gasteiger partial charge in [0.2, 0.25) is 0 Å². The molecule has 0 aliphatic heterocycles. The second-order valence-electron chi connectivity index (χ2n) is 4.85. The summed E-state index contributed by atoms with van der Waals surface area (Å²) < 4.78 is 5.75. The number of hydrogen-bond donors (Lipinski definition) is 1. The van der Waals surface area contributed by atoms with E-state index in [9.17, 15) is 4.79 Å². The van der Waals surface area contributed by atoms with Crippen LogP contribution < -0.4 is 4.74 Å². The smallest absolute Gasteiger partial charge is 0.307 e. The van der Waals surface area contributed by atoms with E-state index < -0.39 is 5.97 Å². The summed E-state index contributed by atoms with van der Waals surface area (Å²) in [5.41, 5.74) is 0. The van der Waals surface area contributed by atoms with E-state index in [0.29, 0.717) is 0 Å². The summed E-state index contributed by atoms with van der Waals surface area (Å²) in [6.45, 7) is 2.19. The molecule has 0 saturated carbocycles. The van der Waals surface area contributed by atoms with E-state index in [1.807, 2.05) is 30.3 Å². The van der Waals surface area contributed by atoms with Crippen molar-refractivity contribution < 1.29 is 14.6 Å². The number of hydrogen-bond acceptors (Lipinski definition) is 2. The number of para-hydroxylation sites is 1. The van der Waals surface area contributed by atoms with Gasteiger partial charge in [-0.1, -0.05) is 50.8 Å². The lowest BCUT2D eigenvalue weighted by Gasteiger charge is -2.17. The molecule has 3 nitrogen and oxygen atoms in total. The van der Waals surface area contributed by atoms with Gasteiger partial charge in [-0.2, -0.15) is 0 Å². The van der Waals surface area contributed by atoms with E-state index >= 15 is 0 Å². The van der Waals surface area contributed by atoms with Gasteiger partial charge in [-0.25, -0.2) is 0 Å². The molecule has 0 radical (unpaired) electrons. The average Bonchev–Trinajstić information content (AvgIpc) is 2.39. The van der Waals surface area contributed by atoms with Crippen molar-refractivity contribution in [3.8, 4) is 5.75 Å². The summed E-state index contributed by atoms with van der Waals surface area (Å²) in [7, 11) is 0. The third kappa shape index (κ3) is 7.50. The van der Waals surface area contributed by atoms with Crippen molar-refractivity contribution >= 4 is 5.97 Å². The van der Waals surface area contributed by atoms with Gasteiger partial charge < -0.3 is 9.84 Å². The molecule has 0 heterocycles. The van der Waals surface area contributed by atoms with Crippen molar-refractivity contribution in [3.05, 3.63) is 30.3 Å². The minimum atomic E-state index is -0.797. The second kappa shape index (κ2) is 9.42. The predicted octanol–water partition coefficient (Wildman–Crippen LogP) is 4.27. The van der Waals surface area contributed by atoms with E-state index in [1.165, 1.54) is 19.3 Å². The molecule has 19 heavy (non-hydrogen) atoms. The van der Waals surface area contributed by atoms with Crippen LogP contribution in [0.1, 0.15) is 51.9 Å². The molecule has 0 fully saturated rings. The predicted molar refractivity (Wildman–Crippen MR) is 76.5 cm³/mol. The van der Waals surface area contributed by atoms with Crippen molar-refractivity contribution in [2.75, 3.05) is 0 Å². The molecule has 1 aromatic carbocycles. The van der Waals surface area contributed by atoms with Gasteiger partial charge in [0.05, 0.1) is 6.42 Å². The maximum Gasteiger partial charge on any atom is 0.307 e. The minimum absolute atomic E-state index is 0.0721. The third-order valence-electron chi connectivity index (χ3n) is 3.08. The highest BCUT2D eigenvalue weighted by Crippen LogP contribution is 2.17. The molecule has 1 rings (SSSR count). The number of benzene rings is 1. The number of carboxylic acid groups (broad SMARTS) is 1. The van der Waals surface area contributed by atoms with Crippen LogP contribution in [0.4, 0.5) is 0 Å². The number of carbonyl (C=O) groups is 1. The van der Waals surface area contributed by atoms with Gasteiger partial charge in [-0.3, -0.25) is 4.79 Å². The van der Waals surface area contributed by atoms with Gasteiger partial charge in [0, 0.05) is 0 Å². The molecule has 3 heteroatoms. The lowest BCUT2D eigenvalue weighted by Crippen LogP contribution is -2.20. The van der Waals surface area contributed by atoms with Crippen molar-refractivity contribution in [2.45, 2.75) is 58.0 Å². The van der Waals surface area contributed by atoms with Gasteiger partial charge >= 0.3 is 5.97 Å². The van der Waals surface area contributed by atoms with Crippen LogP contribution in [0.3, 0.4) is 0 Å². The monoisotopic (exact) mass is 264 g/mol. The lowest BCUT2D eigenvalue weighted by atomic mass is 10.1. The quantitative estimate of drug-likeness (QED) is 0.642. The lowest BCUT2D eigenvalue weighted by molar-refractivity contribution is -0.138. The normalized spacial score (nSPS) is 12.1. The van der Waals surface area contributed by atoms with E-state index in [0.717, 1.165) is 25.0 Å². The number of carboxylic acids is 1.